The molecule has 1 aromatic heterocycles. The summed E-state index contributed by atoms with van der Waals surface area (Å²) in [6.45, 7) is 7.44. The molecule has 0 saturated heterocycles. The van der Waals surface area contributed by atoms with E-state index in [9.17, 15) is 5.11 Å². The molecule has 0 unspecified atom stereocenters. The third kappa shape index (κ3) is 3.85. The molecule has 132 valence electrons. The van der Waals surface area contributed by atoms with Crippen molar-refractivity contribution in [3.63, 3.8) is 0 Å². The number of para-hydroxylation sites is 2. The first-order valence-corrected chi connectivity index (χ1v) is 8.93. The average molecular weight is 338 g/mol. The lowest BCUT2D eigenvalue weighted by molar-refractivity contribution is 0.151. The number of hydrogen-bond acceptors (Lipinski definition) is 3. The Bertz CT molecular complexity index is 854. The van der Waals surface area contributed by atoms with Crippen molar-refractivity contribution >= 4 is 11.0 Å². The molecule has 2 aromatic carbocycles. The van der Waals surface area contributed by atoms with Crippen molar-refractivity contribution in [1.29, 1.82) is 0 Å². The van der Waals surface area contributed by atoms with E-state index in [1.807, 2.05) is 30.3 Å². The fraction of sp³-hybridized carbons (Fsp3) is 0.381. The summed E-state index contributed by atoms with van der Waals surface area (Å²) < 4.78 is 8.01. The molecule has 0 bridgehead atoms. The third-order valence-electron chi connectivity index (χ3n) is 4.61. The Labute approximate surface area is 149 Å². The Morgan fingerprint density at radius 3 is 2.68 bits per heavy atom. The van der Waals surface area contributed by atoms with Gasteiger partial charge in [-0.05, 0) is 55.7 Å². The van der Waals surface area contributed by atoms with Gasteiger partial charge in [0, 0.05) is 0 Å². The normalized spacial score (nSPS) is 12.5. The van der Waals surface area contributed by atoms with Gasteiger partial charge in [-0.1, -0.05) is 31.5 Å². The van der Waals surface area contributed by atoms with E-state index in [0.29, 0.717) is 19.6 Å². The number of imidazole rings is 1. The monoisotopic (exact) mass is 338 g/mol. The van der Waals surface area contributed by atoms with Crippen molar-refractivity contribution < 1.29 is 9.84 Å². The maximum absolute atomic E-state index is 10.5. The van der Waals surface area contributed by atoms with Gasteiger partial charge in [-0.15, -0.1) is 0 Å². The minimum Gasteiger partial charge on any atom is -0.492 e. The summed E-state index contributed by atoms with van der Waals surface area (Å²) in [6.07, 6.45) is 1.09. The van der Waals surface area contributed by atoms with Gasteiger partial charge >= 0.3 is 0 Å². The number of aromatic nitrogens is 2. The maximum atomic E-state index is 10.5. The second-order valence-electron chi connectivity index (χ2n) is 6.51. The van der Waals surface area contributed by atoms with Crippen LogP contribution >= 0.6 is 0 Å². The Kier molecular flexibility index (Phi) is 5.39. The van der Waals surface area contributed by atoms with Crippen molar-refractivity contribution in [2.75, 3.05) is 6.61 Å². The van der Waals surface area contributed by atoms with E-state index in [2.05, 4.69) is 42.5 Å². The number of ether oxygens (including phenoxy) is 1. The standard InChI is InChI=1S/C21H26N2O2/c1-4-7-20(24)21-22-18-8-5-6-9-19(18)23(21)12-13-25-17-11-10-15(2)16(3)14-17/h5-6,8-11,14,20,24H,4,7,12-13H2,1-3H3/t20-/m1/s1. The quantitative estimate of drug-likeness (QED) is 0.687. The zero-order valence-electron chi connectivity index (χ0n) is 15.2. The number of aliphatic hydroxyl groups is 1. The van der Waals surface area contributed by atoms with Crippen LogP contribution in [0.15, 0.2) is 42.5 Å². The molecule has 0 aliphatic heterocycles. The molecule has 0 aliphatic rings. The van der Waals surface area contributed by atoms with Crippen molar-refractivity contribution in [2.24, 2.45) is 0 Å². The fourth-order valence-corrected chi connectivity index (χ4v) is 3.04. The van der Waals surface area contributed by atoms with E-state index in [-0.39, 0.29) is 0 Å². The topological polar surface area (TPSA) is 47.3 Å². The van der Waals surface area contributed by atoms with Gasteiger partial charge in [0.25, 0.3) is 0 Å². The minimum absolute atomic E-state index is 0.536. The van der Waals surface area contributed by atoms with Crippen LogP contribution in [0.1, 0.15) is 42.8 Å². The smallest absolute Gasteiger partial charge is 0.138 e. The molecule has 0 fully saturated rings. The van der Waals surface area contributed by atoms with Crippen LogP contribution in [0.5, 0.6) is 5.75 Å². The van der Waals surface area contributed by atoms with Crippen LogP contribution in [-0.2, 0) is 6.54 Å². The summed E-state index contributed by atoms with van der Waals surface area (Å²) in [4.78, 5) is 4.64. The van der Waals surface area contributed by atoms with Crippen molar-refractivity contribution in [2.45, 2.75) is 46.3 Å². The van der Waals surface area contributed by atoms with E-state index in [1.54, 1.807) is 0 Å². The molecule has 1 N–H and O–H groups in total. The van der Waals surface area contributed by atoms with Gasteiger partial charge in [-0.2, -0.15) is 0 Å². The van der Waals surface area contributed by atoms with Crippen molar-refractivity contribution in [3.05, 3.63) is 59.4 Å². The zero-order chi connectivity index (χ0) is 17.8. The van der Waals surface area contributed by atoms with Crippen LogP contribution < -0.4 is 4.74 Å². The summed E-state index contributed by atoms with van der Waals surface area (Å²) in [5.74, 6) is 1.61. The molecule has 1 heterocycles. The molecule has 0 aliphatic carbocycles. The minimum atomic E-state index is -0.543. The summed E-state index contributed by atoms with van der Waals surface area (Å²) in [7, 11) is 0. The summed E-state index contributed by atoms with van der Waals surface area (Å²) >= 11 is 0. The largest absolute Gasteiger partial charge is 0.492 e. The molecule has 3 rings (SSSR count). The number of rotatable bonds is 7. The van der Waals surface area contributed by atoms with E-state index in [4.69, 9.17) is 4.74 Å². The Balaban J connectivity index is 1.79. The van der Waals surface area contributed by atoms with Crippen molar-refractivity contribution in [3.8, 4) is 5.75 Å². The van der Waals surface area contributed by atoms with Crippen LogP contribution in [0.4, 0.5) is 0 Å². The number of hydrogen-bond donors (Lipinski definition) is 1. The first-order chi connectivity index (χ1) is 12.1. The van der Waals surface area contributed by atoms with Crippen LogP contribution in [0.3, 0.4) is 0 Å². The lowest BCUT2D eigenvalue weighted by Crippen LogP contribution is -2.14. The maximum Gasteiger partial charge on any atom is 0.138 e. The summed E-state index contributed by atoms with van der Waals surface area (Å²) in [5, 5.41) is 10.5. The van der Waals surface area contributed by atoms with Crippen LogP contribution in [0, 0.1) is 13.8 Å². The van der Waals surface area contributed by atoms with E-state index in [1.165, 1.54) is 11.1 Å². The highest BCUT2D eigenvalue weighted by Crippen LogP contribution is 2.24. The number of benzene rings is 2. The average Bonchev–Trinajstić information content (AvgIpc) is 2.97. The van der Waals surface area contributed by atoms with Crippen molar-refractivity contribution in [1.82, 2.24) is 9.55 Å². The van der Waals surface area contributed by atoms with E-state index in [0.717, 1.165) is 29.0 Å². The number of fused-ring (bicyclic) bond motifs is 1. The lowest BCUT2D eigenvalue weighted by Gasteiger charge is -2.14. The van der Waals surface area contributed by atoms with Gasteiger partial charge in [-0.3, -0.25) is 0 Å². The van der Waals surface area contributed by atoms with Gasteiger partial charge < -0.3 is 14.4 Å². The molecule has 3 aromatic rings. The Morgan fingerprint density at radius 1 is 1.12 bits per heavy atom. The summed E-state index contributed by atoms with van der Waals surface area (Å²) in [6, 6.07) is 14.1. The van der Waals surface area contributed by atoms with Gasteiger partial charge in [-0.25, -0.2) is 4.98 Å². The van der Waals surface area contributed by atoms with Crippen LogP contribution in [0.2, 0.25) is 0 Å². The molecule has 0 saturated carbocycles. The molecule has 4 nitrogen and oxygen atoms in total. The highest BCUT2D eigenvalue weighted by molar-refractivity contribution is 5.76. The van der Waals surface area contributed by atoms with Gasteiger partial charge in [0.15, 0.2) is 0 Å². The third-order valence-corrected chi connectivity index (χ3v) is 4.61. The number of aliphatic hydroxyl groups excluding tert-OH is 1. The second-order valence-corrected chi connectivity index (χ2v) is 6.51. The summed E-state index contributed by atoms with van der Waals surface area (Å²) in [5.41, 5.74) is 4.44. The van der Waals surface area contributed by atoms with E-state index < -0.39 is 6.10 Å². The molecule has 25 heavy (non-hydrogen) atoms. The molecule has 0 spiro atoms. The molecule has 0 amide bonds. The predicted molar refractivity (Wildman–Crippen MR) is 101 cm³/mol. The fourth-order valence-electron chi connectivity index (χ4n) is 3.04. The lowest BCUT2D eigenvalue weighted by atomic mass is 10.1. The molecular weight excluding hydrogens is 312 g/mol. The van der Waals surface area contributed by atoms with Gasteiger partial charge in [0.1, 0.15) is 24.3 Å². The van der Waals surface area contributed by atoms with Crippen LogP contribution in [-0.4, -0.2) is 21.3 Å². The molecule has 1 atom stereocenters. The highest BCUT2D eigenvalue weighted by atomic mass is 16.5. The number of aryl methyl sites for hydroxylation is 2. The SMILES string of the molecule is CCC[C@@H](O)c1nc2ccccc2n1CCOc1ccc(C)c(C)c1. The van der Waals surface area contributed by atoms with Crippen LogP contribution in [0.25, 0.3) is 11.0 Å². The predicted octanol–water partition coefficient (Wildman–Crippen LogP) is 4.57. The van der Waals surface area contributed by atoms with E-state index >= 15 is 0 Å². The Morgan fingerprint density at radius 2 is 1.92 bits per heavy atom. The van der Waals surface area contributed by atoms with Gasteiger partial charge in [0.05, 0.1) is 17.6 Å². The number of nitrogens with zero attached hydrogens (tertiary/aromatic N) is 2. The molecule has 0 radical (unpaired) electrons. The molecular formula is C21H26N2O2. The van der Waals surface area contributed by atoms with Gasteiger partial charge in [0.2, 0.25) is 0 Å². The Hall–Kier alpha value is -2.33. The zero-order valence-corrected chi connectivity index (χ0v) is 15.2. The first-order valence-electron chi connectivity index (χ1n) is 8.93. The first kappa shape index (κ1) is 17.5. The second kappa shape index (κ2) is 7.70. The highest BCUT2D eigenvalue weighted by Gasteiger charge is 2.17. The molecule has 4 heteroatoms.